The van der Waals surface area contributed by atoms with Crippen LogP contribution in [0.15, 0.2) is 188 Å². The second-order valence-electron chi connectivity index (χ2n) is 14.6. The standard InChI is InChI=1S/C52H34N2S/c1-52(37-18-3-2-4-19-37)45-26-9-7-21-40(45)41-29-28-36(31-46(41)52)48-32-47(53-51(54-48)44-25-12-15-33-14-5-6-20-38(33)44)35-17-11-16-34(30-35)39-23-13-24-43-42-22-8-10-27-49(42)55-50(39)43/h2-32H,1H3. The molecule has 0 radical (unpaired) electrons. The molecule has 3 heteroatoms. The average Bonchev–Trinajstić information content (AvgIpc) is 3.77. The van der Waals surface area contributed by atoms with E-state index in [2.05, 4.69) is 195 Å². The van der Waals surface area contributed by atoms with Crippen LogP contribution in [0.1, 0.15) is 23.6 Å². The number of thiophene rings is 1. The second kappa shape index (κ2) is 12.4. The number of benzene rings is 8. The van der Waals surface area contributed by atoms with E-state index in [1.54, 1.807) is 0 Å². The third-order valence-electron chi connectivity index (χ3n) is 11.6. The Hall–Kier alpha value is -6.68. The minimum absolute atomic E-state index is 0.306. The summed E-state index contributed by atoms with van der Waals surface area (Å²) < 4.78 is 2.61. The van der Waals surface area contributed by atoms with Gasteiger partial charge in [0.05, 0.1) is 11.4 Å². The maximum Gasteiger partial charge on any atom is 0.161 e. The van der Waals surface area contributed by atoms with Gasteiger partial charge in [0.25, 0.3) is 0 Å². The molecule has 0 bridgehead atoms. The maximum absolute atomic E-state index is 5.38. The molecule has 0 spiro atoms. The van der Waals surface area contributed by atoms with Gasteiger partial charge >= 0.3 is 0 Å². The van der Waals surface area contributed by atoms with E-state index < -0.39 is 0 Å². The van der Waals surface area contributed by atoms with Gasteiger partial charge in [-0.1, -0.05) is 164 Å². The van der Waals surface area contributed by atoms with Crippen LogP contribution in [0.5, 0.6) is 0 Å². The molecule has 11 rings (SSSR count). The highest BCUT2D eigenvalue weighted by Crippen LogP contribution is 2.53. The summed E-state index contributed by atoms with van der Waals surface area (Å²) in [5.41, 5.74) is 13.5. The Morgan fingerprint density at radius 1 is 0.418 bits per heavy atom. The van der Waals surface area contributed by atoms with Crippen LogP contribution in [0.3, 0.4) is 0 Å². The van der Waals surface area contributed by atoms with Gasteiger partial charge in [-0.25, -0.2) is 9.97 Å². The molecule has 2 aromatic heterocycles. The van der Waals surface area contributed by atoms with Crippen LogP contribution in [-0.2, 0) is 5.41 Å². The molecule has 258 valence electrons. The molecule has 55 heavy (non-hydrogen) atoms. The quantitative estimate of drug-likeness (QED) is 0.177. The summed E-state index contributed by atoms with van der Waals surface area (Å²) in [6.45, 7) is 2.37. The molecular formula is C52H34N2S. The summed E-state index contributed by atoms with van der Waals surface area (Å²) in [4.78, 5) is 10.7. The molecule has 0 saturated heterocycles. The van der Waals surface area contributed by atoms with Crippen LogP contribution in [0.4, 0.5) is 0 Å². The van der Waals surface area contributed by atoms with Gasteiger partial charge < -0.3 is 0 Å². The van der Waals surface area contributed by atoms with E-state index in [4.69, 9.17) is 9.97 Å². The van der Waals surface area contributed by atoms with Crippen molar-refractivity contribution < 1.29 is 0 Å². The van der Waals surface area contributed by atoms with Crippen molar-refractivity contribution in [2.45, 2.75) is 12.3 Å². The zero-order valence-corrected chi connectivity index (χ0v) is 31.0. The Morgan fingerprint density at radius 2 is 1.04 bits per heavy atom. The predicted octanol–water partition coefficient (Wildman–Crippen LogP) is 14.0. The highest BCUT2D eigenvalue weighted by atomic mass is 32.1. The lowest BCUT2D eigenvalue weighted by atomic mass is 9.74. The Morgan fingerprint density at radius 3 is 1.93 bits per heavy atom. The molecule has 1 unspecified atom stereocenters. The van der Waals surface area contributed by atoms with Gasteiger partial charge in [-0.15, -0.1) is 11.3 Å². The molecule has 1 atom stereocenters. The van der Waals surface area contributed by atoms with Crippen LogP contribution < -0.4 is 0 Å². The summed E-state index contributed by atoms with van der Waals surface area (Å²) in [6, 6.07) is 68.0. The van der Waals surface area contributed by atoms with E-state index in [0.717, 1.165) is 39.3 Å². The highest BCUT2D eigenvalue weighted by Gasteiger charge is 2.40. The molecule has 0 saturated carbocycles. The molecule has 0 N–H and O–H groups in total. The smallest absolute Gasteiger partial charge is 0.161 e. The van der Waals surface area contributed by atoms with Gasteiger partial charge in [-0.2, -0.15) is 0 Å². The van der Waals surface area contributed by atoms with Crippen molar-refractivity contribution in [1.29, 1.82) is 0 Å². The first kappa shape index (κ1) is 31.8. The topological polar surface area (TPSA) is 25.8 Å². The summed E-state index contributed by atoms with van der Waals surface area (Å²) >= 11 is 1.86. The first-order chi connectivity index (χ1) is 27.1. The fourth-order valence-electron chi connectivity index (χ4n) is 8.84. The Labute approximate surface area is 324 Å². The zero-order valence-electron chi connectivity index (χ0n) is 30.2. The molecule has 8 aromatic carbocycles. The monoisotopic (exact) mass is 718 g/mol. The third-order valence-corrected chi connectivity index (χ3v) is 12.8. The normalized spacial score (nSPS) is 14.7. The first-order valence-corrected chi connectivity index (χ1v) is 19.6. The Kier molecular flexibility index (Phi) is 7.20. The van der Waals surface area contributed by atoms with Crippen LogP contribution in [0.25, 0.3) is 87.1 Å². The van der Waals surface area contributed by atoms with Crippen molar-refractivity contribution in [3.63, 3.8) is 0 Å². The fourth-order valence-corrected chi connectivity index (χ4v) is 10.1. The van der Waals surface area contributed by atoms with Gasteiger partial charge in [0.15, 0.2) is 5.82 Å². The predicted molar refractivity (Wildman–Crippen MR) is 232 cm³/mol. The molecule has 2 heterocycles. The zero-order chi connectivity index (χ0) is 36.5. The number of aromatic nitrogens is 2. The molecule has 0 aliphatic heterocycles. The molecule has 10 aromatic rings. The largest absolute Gasteiger partial charge is 0.228 e. The minimum Gasteiger partial charge on any atom is -0.228 e. The number of hydrogen-bond donors (Lipinski definition) is 0. The summed E-state index contributed by atoms with van der Waals surface area (Å²) in [5.74, 6) is 0.718. The van der Waals surface area contributed by atoms with Crippen molar-refractivity contribution in [3.8, 4) is 56.2 Å². The molecular weight excluding hydrogens is 685 g/mol. The van der Waals surface area contributed by atoms with Gasteiger partial charge in [0, 0.05) is 42.3 Å². The van der Waals surface area contributed by atoms with E-state index in [1.807, 2.05) is 11.3 Å². The SMILES string of the molecule is CC1(c2ccccc2)c2ccccc2-c2ccc(-c3cc(-c4cccc(-c5cccc6c5sc5ccccc56)c4)nc(-c4cccc5ccccc45)n3)cc21. The number of fused-ring (bicyclic) bond motifs is 7. The van der Waals surface area contributed by atoms with E-state index in [9.17, 15) is 0 Å². The van der Waals surface area contributed by atoms with E-state index >= 15 is 0 Å². The van der Waals surface area contributed by atoms with Gasteiger partial charge in [0.1, 0.15) is 0 Å². The molecule has 0 amide bonds. The van der Waals surface area contributed by atoms with E-state index in [1.165, 1.54) is 64.5 Å². The summed E-state index contributed by atoms with van der Waals surface area (Å²) in [6.07, 6.45) is 0. The lowest BCUT2D eigenvalue weighted by Gasteiger charge is -2.28. The lowest BCUT2D eigenvalue weighted by molar-refractivity contribution is 0.714. The Bertz CT molecular complexity index is 3120. The van der Waals surface area contributed by atoms with Gasteiger partial charge in [-0.3, -0.25) is 0 Å². The van der Waals surface area contributed by atoms with Crippen LogP contribution >= 0.6 is 11.3 Å². The van der Waals surface area contributed by atoms with Gasteiger partial charge in [0.2, 0.25) is 0 Å². The summed E-state index contributed by atoms with van der Waals surface area (Å²) in [7, 11) is 0. The maximum atomic E-state index is 5.38. The van der Waals surface area contributed by atoms with Crippen LogP contribution in [0, 0.1) is 0 Å². The highest BCUT2D eigenvalue weighted by molar-refractivity contribution is 7.26. The number of hydrogen-bond acceptors (Lipinski definition) is 3. The minimum atomic E-state index is -0.306. The van der Waals surface area contributed by atoms with Crippen molar-refractivity contribution in [2.24, 2.45) is 0 Å². The van der Waals surface area contributed by atoms with Crippen molar-refractivity contribution in [3.05, 3.63) is 205 Å². The lowest BCUT2D eigenvalue weighted by Crippen LogP contribution is -2.22. The molecule has 2 nitrogen and oxygen atoms in total. The van der Waals surface area contributed by atoms with Crippen molar-refractivity contribution in [2.75, 3.05) is 0 Å². The molecule has 1 aliphatic rings. The molecule has 1 aliphatic carbocycles. The second-order valence-corrected chi connectivity index (χ2v) is 15.7. The van der Waals surface area contributed by atoms with E-state index in [0.29, 0.717) is 0 Å². The van der Waals surface area contributed by atoms with Crippen molar-refractivity contribution in [1.82, 2.24) is 9.97 Å². The fraction of sp³-hybridized carbons (Fsp3) is 0.0385. The average molecular weight is 719 g/mol. The first-order valence-electron chi connectivity index (χ1n) is 18.8. The van der Waals surface area contributed by atoms with Crippen LogP contribution in [-0.4, -0.2) is 9.97 Å². The third kappa shape index (κ3) is 5.01. The van der Waals surface area contributed by atoms with Gasteiger partial charge in [-0.05, 0) is 80.9 Å². The Balaban J connectivity index is 1.11. The number of rotatable bonds is 5. The summed E-state index contributed by atoms with van der Waals surface area (Å²) in [5, 5.41) is 4.91. The van der Waals surface area contributed by atoms with Crippen LogP contribution in [0.2, 0.25) is 0 Å². The van der Waals surface area contributed by atoms with Crippen molar-refractivity contribution >= 4 is 42.3 Å². The number of nitrogens with zero attached hydrogens (tertiary/aromatic N) is 2. The molecule has 0 fully saturated rings. The van der Waals surface area contributed by atoms with E-state index in [-0.39, 0.29) is 5.41 Å².